The van der Waals surface area contributed by atoms with Crippen molar-refractivity contribution in [3.8, 4) is 6.07 Å². The quantitative estimate of drug-likeness (QED) is 0.777. The van der Waals surface area contributed by atoms with Crippen LogP contribution >= 0.6 is 0 Å². The van der Waals surface area contributed by atoms with Crippen LogP contribution in [0.1, 0.15) is 37.8 Å². The van der Waals surface area contributed by atoms with Crippen molar-refractivity contribution >= 4 is 0 Å². The number of nitriles is 1. The Morgan fingerprint density at radius 3 is 2.83 bits per heavy atom. The molecule has 1 aromatic rings. The molecule has 0 heterocycles. The number of benzene rings is 1. The lowest BCUT2D eigenvalue weighted by Crippen LogP contribution is -2.29. The zero-order valence-corrected chi connectivity index (χ0v) is 11.2. The molecule has 18 heavy (non-hydrogen) atoms. The normalized spacial score (nSPS) is 11.2. The minimum absolute atomic E-state index is 0.190. The summed E-state index contributed by atoms with van der Waals surface area (Å²) in [5.41, 5.74) is 2.02. The smallest absolute Gasteiger partial charge is 0.0991 e. The molecule has 0 radical (unpaired) electrons. The Morgan fingerprint density at radius 2 is 2.17 bits per heavy atom. The number of hydrogen-bond acceptors (Lipinski definition) is 3. The molecule has 1 rings (SSSR count). The third-order valence-electron chi connectivity index (χ3n) is 3.00. The first-order valence-corrected chi connectivity index (χ1v) is 6.38. The molecule has 0 aromatic heterocycles. The number of rotatable bonds is 7. The third-order valence-corrected chi connectivity index (χ3v) is 3.00. The molecule has 0 amide bonds. The van der Waals surface area contributed by atoms with Gasteiger partial charge >= 0.3 is 0 Å². The second-order valence-corrected chi connectivity index (χ2v) is 5.41. The van der Waals surface area contributed by atoms with E-state index in [0.29, 0.717) is 5.56 Å². The van der Waals surface area contributed by atoms with Crippen LogP contribution < -0.4 is 5.32 Å². The van der Waals surface area contributed by atoms with Crippen molar-refractivity contribution in [2.75, 3.05) is 13.2 Å². The second-order valence-electron chi connectivity index (χ2n) is 5.41. The predicted octanol–water partition coefficient (Wildman–Crippen LogP) is 2.45. The maximum Gasteiger partial charge on any atom is 0.0991 e. The molecular formula is C15H22N2O. The van der Waals surface area contributed by atoms with Crippen molar-refractivity contribution in [3.05, 3.63) is 35.4 Å². The van der Waals surface area contributed by atoms with Crippen molar-refractivity contribution in [2.24, 2.45) is 5.41 Å². The number of nitrogens with zero attached hydrogens (tertiary/aromatic N) is 1. The van der Waals surface area contributed by atoms with Crippen LogP contribution in [0.25, 0.3) is 0 Å². The molecule has 0 fully saturated rings. The van der Waals surface area contributed by atoms with E-state index in [1.165, 1.54) is 0 Å². The Morgan fingerprint density at radius 1 is 1.39 bits per heavy atom. The molecule has 98 valence electrons. The summed E-state index contributed by atoms with van der Waals surface area (Å²) in [6.07, 6.45) is 1.85. The summed E-state index contributed by atoms with van der Waals surface area (Å²) in [4.78, 5) is 0. The molecule has 0 saturated heterocycles. The predicted molar refractivity (Wildman–Crippen MR) is 73.0 cm³/mol. The molecular weight excluding hydrogens is 224 g/mol. The van der Waals surface area contributed by atoms with Gasteiger partial charge in [-0.15, -0.1) is 0 Å². The summed E-state index contributed by atoms with van der Waals surface area (Å²) < 4.78 is 0. The van der Waals surface area contributed by atoms with E-state index in [2.05, 4.69) is 25.2 Å². The first-order chi connectivity index (χ1) is 8.57. The number of aliphatic hydroxyl groups is 1. The molecule has 2 N–H and O–H groups in total. The van der Waals surface area contributed by atoms with Crippen LogP contribution in [0.5, 0.6) is 0 Å². The van der Waals surface area contributed by atoms with E-state index in [-0.39, 0.29) is 12.0 Å². The van der Waals surface area contributed by atoms with Gasteiger partial charge < -0.3 is 10.4 Å². The second kappa shape index (κ2) is 7.15. The molecule has 0 aliphatic carbocycles. The van der Waals surface area contributed by atoms with Crippen molar-refractivity contribution in [2.45, 2.75) is 33.2 Å². The minimum Gasteiger partial charge on any atom is -0.396 e. The molecule has 3 heteroatoms. The van der Waals surface area contributed by atoms with Crippen LogP contribution in [-0.2, 0) is 6.54 Å². The van der Waals surface area contributed by atoms with Crippen LogP contribution in [0.4, 0.5) is 0 Å². The number of hydrogen-bond donors (Lipinski definition) is 2. The summed E-state index contributed by atoms with van der Waals surface area (Å²) in [6, 6.07) is 9.80. The van der Waals surface area contributed by atoms with Crippen LogP contribution in [0.15, 0.2) is 24.3 Å². The van der Waals surface area contributed by atoms with Gasteiger partial charge in [-0.05, 0) is 36.0 Å². The van der Waals surface area contributed by atoms with Crippen LogP contribution in [-0.4, -0.2) is 18.3 Å². The van der Waals surface area contributed by atoms with Gasteiger partial charge in [-0.1, -0.05) is 26.0 Å². The molecule has 3 nitrogen and oxygen atoms in total. The first-order valence-electron chi connectivity index (χ1n) is 6.38. The highest BCUT2D eigenvalue weighted by Gasteiger charge is 2.16. The van der Waals surface area contributed by atoms with Crippen molar-refractivity contribution in [3.63, 3.8) is 0 Å². The monoisotopic (exact) mass is 246 g/mol. The Bertz CT molecular complexity index is 407. The van der Waals surface area contributed by atoms with E-state index in [4.69, 9.17) is 10.4 Å². The van der Waals surface area contributed by atoms with Crippen LogP contribution in [0.2, 0.25) is 0 Å². The minimum atomic E-state index is 0.190. The maximum atomic E-state index is 8.84. The van der Waals surface area contributed by atoms with Gasteiger partial charge in [-0.2, -0.15) is 5.26 Å². The Kier molecular flexibility index (Phi) is 5.84. The standard InChI is InChI=1S/C15H22N2O/c1-15(2,7-4-8-18)12-17-11-14-6-3-5-13(9-14)10-16/h3,5-6,9,17-18H,4,7-8,11-12H2,1-2H3. The fraction of sp³-hybridized carbons (Fsp3) is 0.533. The molecule has 0 atom stereocenters. The van der Waals surface area contributed by atoms with Crippen molar-refractivity contribution in [1.29, 1.82) is 5.26 Å². The summed E-state index contributed by atoms with van der Waals surface area (Å²) >= 11 is 0. The van der Waals surface area contributed by atoms with Crippen molar-refractivity contribution in [1.82, 2.24) is 5.32 Å². The number of aliphatic hydroxyl groups excluding tert-OH is 1. The highest BCUT2D eigenvalue weighted by molar-refractivity contribution is 5.32. The van der Waals surface area contributed by atoms with Gasteiger partial charge in [0.25, 0.3) is 0 Å². The number of nitrogens with one attached hydrogen (secondary N) is 1. The van der Waals surface area contributed by atoms with Crippen LogP contribution in [0.3, 0.4) is 0 Å². The zero-order valence-electron chi connectivity index (χ0n) is 11.2. The fourth-order valence-corrected chi connectivity index (χ4v) is 1.94. The van der Waals surface area contributed by atoms with Gasteiger partial charge in [-0.3, -0.25) is 0 Å². The highest BCUT2D eigenvalue weighted by Crippen LogP contribution is 2.20. The lowest BCUT2D eigenvalue weighted by atomic mass is 9.88. The first kappa shape index (κ1) is 14.7. The average Bonchev–Trinajstić information content (AvgIpc) is 2.36. The molecule has 0 aliphatic rings. The zero-order chi connectivity index (χ0) is 13.4. The molecule has 0 aliphatic heterocycles. The average molecular weight is 246 g/mol. The van der Waals surface area contributed by atoms with Crippen molar-refractivity contribution < 1.29 is 5.11 Å². The summed E-state index contributed by atoms with van der Waals surface area (Å²) in [6.45, 7) is 6.33. The van der Waals surface area contributed by atoms with E-state index < -0.39 is 0 Å². The van der Waals surface area contributed by atoms with Gasteiger partial charge in [0, 0.05) is 19.7 Å². The van der Waals surface area contributed by atoms with E-state index in [1.807, 2.05) is 24.3 Å². The molecule has 0 bridgehead atoms. The van der Waals surface area contributed by atoms with E-state index in [1.54, 1.807) is 0 Å². The topological polar surface area (TPSA) is 56.0 Å². The Balaban J connectivity index is 2.39. The molecule has 1 aromatic carbocycles. The lowest BCUT2D eigenvalue weighted by molar-refractivity contribution is 0.236. The summed E-state index contributed by atoms with van der Waals surface area (Å²) in [5, 5.41) is 21.1. The van der Waals surface area contributed by atoms with Gasteiger partial charge in [0.05, 0.1) is 11.6 Å². The summed E-state index contributed by atoms with van der Waals surface area (Å²) in [7, 11) is 0. The lowest BCUT2D eigenvalue weighted by Gasteiger charge is -2.24. The fourth-order valence-electron chi connectivity index (χ4n) is 1.94. The third kappa shape index (κ3) is 5.31. The van der Waals surface area contributed by atoms with E-state index in [0.717, 1.165) is 31.5 Å². The Labute approximate surface area is 109 Å². The Hall–Kier alpha value is -1.37. The maximum absolute atomic E-state index is 8.84. The molecule has 0 unspecified atom stereocenters. The van der Waals surface area contributed by atoms with E-state index in [9.17, 15) is 0 Å². The van der Waals surface area contributed by atoms with Gasteiger partial charge in [0.2, 0.25) is 0 Å². The van der Waals surface area contributed by atoms with Gasteiger partial charge in [0.15, 0.2) is 0 Å². The van der Waals surface area contributed by atoms with Crippen LogP contribution in [0, 0.1) is 16.7 Å². The molecule has 0 saturated carbocycles. The highest BCUT2D eigenvalue weighted by atomic mass is 16.2. The van der Waals surface area contributed by atoms with E-state index >= 15 is 0 Å². The van der Waals surface area contributed by atoms with Gasteiger partial charge in [0.1, 0.15) is 0 Å². The van der Waals surface area contributed by atoms with Gasteiger partial charge in [-0.25, -0.2) is 0 Å². The summed E-state index contributed by atoms with van der Waals surface area (Å²) in [5.74, 6) is 0. The largest absolute Gasteiger partial charge is 0.396 e. The SMILES string of the molecule is CC(C)(CCCO)CNCc1cccc(C#N)c1. The molecule has 0 spiro atoms.